The van der Waals surface area contributed by atoms with Gasteiger partial charge in [0.05, 0.1) is 16.0 Å². The van der Waals surface area contributed by atoms with Gasteiger partial charge in [0.2, 0.25) is 23.6 Å². The Morgan fingerprint density at radius 1 is 1.02 bits per heavy atom. The van der Waals surface area contributed by atoms with Crippen LogP contribution in [0.25, 0.3) is 0 Å². The average molecular weight is 701 g/mol. The lowest BCUT2D eigenvalue weighted by Gasteiger charge is -2.63. The van der Waals surface area contributed by atoms with Crippen LogP contribution in [0.4, 0.5) is 0 Å². The van der Waals surface area contributed by atoms with E-state index in [0.29, 0.717) is 54.3 Å². The van der Waals surface area contributed by atoms with Gasteiger partial charge in [-0.15, -0.1) is 0 Å². The van der Waals surface area contributed by atoms with E-state index in [-0.39, 0.29) is 65.6 Å². The number of ether oxygens (including phenoxy) is 1. The molecule has 1 spiro atoms. The van der Waals surface area contributed by atoms with E-state index < -0.39 is 17.4 Å². The Kier molecular flexibility index (Phi) is 9.70. The van der Waals surface area contributed by atoms with E-state index in [9.17, 15) is 29.2 Å². The highest BCUT2D eigenvalue weighted by Crippen LogP contribution is 2.61. The zero-order valence-corrected chi connectivity index (χ0v) is 30.0. The van der Waals surface area contributed by atoms with Crippen molar-refractivity contribution >= 4 is 41.0 Å². The van der Waals surface area contributed by atoms with Gasteiger partial charge in [-0.3, -0.25) is 34.2 Å². The lowest BCUT2D eigenvalue weighted by Crippen LogP contribution is -2.66. The number of nitrogens with one attached hydrogen (secondary N) is 1. The maximum absolute atomic E-state index is 13.4. The molecule has 0 radical (unpaired) electrons. The first-order chi connectivity index (χ1) is 23.7. The number of benzene rings is 2. The molecule has 50 heavy (non-hydrogen) atoms. The number of amides is 4. The molecule has 1 unspecified atom stereocenters. The van der Waals surface area contributed by atoms with E-state index in [0.717, 1.165) is 29.8 Å². The van der Waals surface area contributed by atoms with Gasteiger partial charge >= 0.3 is 0 Å². The maximum Gasteiger partial charge on any atom is 0.249 e. The van der Waals surface area contributed by atoms with Crippen LogP contribution in [0.15, 0.2) is 42.5 Å². The van der Waals surface area contributed by atoms with Crippen molar-refractivity contribution in [2.24, 2.45) is 22.2 Å². The minimum Gasteiger partial charge on any atom is -0.489 e. The van der Waals surface area contributed by atoms with Crippen molar-refractivity contribution in [1.29, 1.82) is 5.26 Å². The van der Waals surface area contributed by atoms with E-state index in [1.54, 1.807) is 18.2 Å². The van der Waals surface area contributed by atoms with Crippen molar-refractivity contribution in [3.05, 3.63) is 64.2 Å². The summed E-state index contributed by atoms with van der Waals surface area (Å²) < 4.78 is 6.38. The number of hydrogen-bond acceptors (Lipinski definition) is 8. The van der Waals surface area contributed by atoms with Gasteiger partial charge < -0.3 is 9.64 Å². The Hall–Kier alpha value is -4.07. The number of rotatable bonds is 10. The van der Waals surface area contributed by atoms with Crippen molar-refractivity contribution in [3.8, 4) is 11.8 Å². The van der Waals surface area contributed by atoms with E-state index in [2.05, 4.69) is 44.0 Å². The summed E-state index contributed by atoms with van der Waals surface area (Å²) in [5, 5.41) is 11.8. The van der Waals surface area contributed by atoms with Crippen LogP contribution in [0.1, 0.15) is 94.1 Å². The normalized spacial score (nSPS) is 25.6. The van der Waals surface area contributed by atoms with Gasteiger partial charge in [0.15, 0.2) is 5.78 Å². The Labute approximate surface area is 298 Å². The Balaban J connectivity index is 0.961. The van der Waals surface area contributed by atoms with Gasteiger partial charge in [0, 0.05) is 41.7 Å². The van der Waals surface area contributed by atoms with Gasteiger partial charge in [-0.1, -0.05) is 63.6 Å². The van der Waals surface area contributed by atoms with Crippen LogP contribution in [0.3, 0.4) is 0 Å². The molecule has 6 rings (SSSR count). The smallest absolute Gasteiger partial charge is 0.249 e. The number of ketones is 1. The summed E-state index contributed by atoms with van der Waals surface area (Å²) in [4.78, 5) is 67.1. The molecule has 4 aliphatic rings. The van der Waals surface area contributed by atoms with E-state index in [1.165, 1.54) is 0 Å². The second-order valence-electron chi connectivity index (χ2n) is 15.7. The molecule has 1 aliphatic carbocycles. The third-order valence-corrected chi connectivity index (χ3v) is 12.1. The molecule has 3 aliphatic heterocycles. The molecular weight excluding hydrogens is 656 g/mol. The molecule has 3 heterocycles. The van der Waals surface area contributed by atoms with E-state index in [4.69, 9.17) is 16.3 Å². The molecule has 4 fully saturated rings. The number of piperidine rings is 2. The zero-order chi connectivity index (χ0) is 36.0. The number of halogens is 1. The summed E-state index contributed by atoms with van der Waals surface area (Å²) in [6.07, 6.45) is 3.66. The molecule has 4 amide bonds. The van der Waals surface area contributed by atoms with E-state index >= 15 is 0 Å². The molecule has 2 aromatic rings. The van der Waals surface area contributed by atoms with Crippen molar-refractivity contribution in [2.45, 2.75) is 91.2 Å². The zero-order valence-electron chi connectivity index (χ0n) is 29.2. The van der Waals surface area contributed by atoms with Crippen LogP contribution in [-0.4, -0.2) is 71.0 Å². The number of hydrogen-bond donors (Lipinski definition) is 1. The van der Waals surface area contributed by atoms with Crippen LogP contribution in [-0.2, 0) is 25.6 Å². The SMILES string of the molecule is CC1(C)C(CC(=O)c2ccc(CCCN3CCC4(CC3)CC(=O)N(C3CCC(=O)NC3=O)C4=O)cc2)C(C)(C)C1Oc1ccc(C#N)c(Cl)c1. The number of Topliss-reactive ketones (excluding diaryl/α,β-unsaturated/α-hetero) is 1. The largest absolute Gasteiger partial charge is 0.489 e. The van der Waals surface area contributed by atoms with Crippen LogP contribution < -0.4 is 10.1 Å². The van der Waals surface area contributed by atoms with Crippen LogP contribution in [0.5, 0.6) is 5.75 Å². The third kappa shape index (κ3) is 6.58. The second kappa shape index (κ2) is 13.6. The third-order valence-electron chi connectivity index (χ3n) is 11.8. The number of carbonyl (C=O) groups is 5. The van der Waals surface area contributed by atoms with Crippen molar-refractivity contribution < 1.29 is 28.7 Å². The summed E-state index contributed by atoms with van der Waals surface area (Å²) in [5.74, 6) is -0.675. The standard InChI is InChI=1S/C39H45ClN4O6/c1-37(2)31(38(3,4)35(37)50-27-12-11-26(23-41)28(40)20-27)21-30(45)25-9-7-24(8-10-25)6-5-17-43-18-15-39(16-19-43)22-33(47)44(36(39)49)29-13-14-32(46)42-34(29)48/h7-12,20,29,31,35H,5-6,13-19,21-22H2,1-4H3,(H,42,46,48). The Bertz CT molecular complexity index is 1740. The molecular formula is C39H45ClN4O6. The number of nitriles is 1. The monoisotopic (exact) mass is 700 g/mol. The predicted octanol–water partition coefficient (Wildman–Crippen LogP) is 5.49. The number of aryl methyl sites for hydroxylation is 1. The molecule has 0 bridgehead atoms. The highest BCUT2D eigenvalue weighted by molar-refractivity contribution is 6.31. The fraction of sp³-hybridized carbons (Fsp3) is 0.538. The molecule has 1 saturated carbocycles. The molecule has 11 heteroatoms. The summed E-state index contributed by atoms with van der Waals surface area (Å²) in [6, 6.07) is 14.2. The number of nitrogens with zero attached hydrogens (tertiary/aromatic N) is 3. The summed E-state index contributed by atoms with van der Waals surface area (Å²) >= 11 is 6.23. The van der Waals surface area contributed by atoms with E-state index in [1.807, 2.05) is 24.3 Å². The second-order valence-corrected chi connectivity index (χ2v) is 16.1. The number of likely N-dealkylation sites (tertiary alicyclic amines) is 2. The molecule has 3 saturated heterocycles. The lowest BCUT2D eigenvalue weighted by atomic mass is 9.44. The van der Waals surface area contributed by atoms with Gasteiger partial charge in [-0.25, -0.2) is 0 Å². The van der Waals surface area contributed by atoms with Crippen molar-refractivity contribution in [2.75, 3.05) is 19.6 Å². The van der Waals surface area contributed by atoms with Gasteiger partial charge in [0.1, 0.15) is 24.0 Å². The topological polar surface area (TPSA) is 137 Å². The number of carbonyl (C=O) groups excluding carboxylic acids is 5. The van der Waals surface area contributed by atoms with Gasteiger partial charge in [-0.05, 0) is 75.4 Å². The summed E-state index contributed by atoms with van der Waals surface area (Å²) in [5.41, 5.74) is 1.01. The molecule has 264 valence electrons. The predicted molar refractivity (Wildman–Crippen MR) is 186 cm³/mol. The molecule has 2 aromatic carbocycles. The van der Waals surface area contributed by atoms with Gasteiger partial charge in [0.25, 0.3) is 0 Å². The molecule has 1 atom stereocenters. The first-order valence-electron chi connectivity index (χ1n) is 17.6. The van der Waals surface area contributed by atoms with Crippen LogP contribution in [0, 0.1) is 33.5 Å². The van der Waals surface area contributed by atoms with Gasteiger partial charge in [-0.2, -0.15) is 5.26 Å². The van der Waals surface area contributed by atoms with Crippen molar-refractivity contribution in [1.82, 2.24) is 15.1 Å². The molecule has 0 aromatic heterocycles. The molecule has 1 N–H and O–H groups in total. The van der Waals surface area contributed by atoms with Crippen LogP contribution >= 0.6 is 11.6 Å². The highest BCUT2D eigenvalue weighted by atomic mass is 35.5. The minimum atomic E-state index is -0.891. The number of imide groups is 2. The average Bonchev–Trinajstić information content (AvgIpc) is 3.31. The Morgan fingerprint density at radius 3 is 2.32 bits per heavy atom. The quantitative estimate of drug-likeness (QED) is 0.254. The minimum absolute atomic E-state index is 0.112. The van der Waals surface area contributed by atoms with Crippen molar-refractivity contribution in [3.63, 3.8) is 0 Å². The maximum atomic E-state index is 13.4. The fourth-order valence-corrected chi connectivity index (χ4v) is 9.35. The highest BCUT2D eigenvalue weighted by Gasteiger charge is 2.63. The fourth-order valence-electron chi connectivity index (χ4n) is 9.14. The summed E-state index contributed by atoms with van der Waals surface area (Å²) in [6.45, 7) is 10.8. The lowest BCUT2D eigenvalue weighted by molar-refractivity contribution is -0.196. The molecule has 10 nitrogen and oxygen atoms in total. The summed E-state index contributed by atoms with van der Waals surface area (Å²) in [7, 11) is 0. The Morgan fingerprint density at radius 2 is 1.70 bits per heavy atom. The first kappa shape index (κ1) is 35.7. The first-order valence-corrected chi connectivity index (χ1v) is 17.9. The van der Waals surface area contributed by atoms with Crippen LogP contribution in [0.2, 0.25) is 5.02 Å².